The van der Waals surface area contributed by atoms with Crippen LogP contribution < -0.4 is 5.32 Å². The number of carbonyl (C=O) groups is 2. The number of nitrogens with one attached hydrogen (secondary N) is 1. The summed E-state index contributed by atoms with van der Waals surface area (Å²) >= 11 is 0. The SMILES string of the molecule is CCCNC(=O)C[C@H]1CC[C@@H]2[C@H](COC[C@H](O)CN2C(=O)c2ccc(F)cc2)O1. The number of ether oxygens (including phenoxy) is 2. The average molecular weight is 408 g/mol. The van der Waals surface area contributed by atoms with Gasteiger partial charge in [-0.15, -0.1) is 0 Å². The lowest BCUT2D eigenvalue weighted by molar-refractivity contribution is -0.150. The van der Waals surface area contributed by atoms with Crippen molar-refractivity contribution in [2.45, 2.75) is 57.0 Å². The topological polar surface area (TPSA) is 88.1 Å². The Hall–Kier alpha value is -2.03. The van der Waals surface area contributed by atoms with Gasteiger partial charge in [0.2, 0.25) is 5.91 Å². The maximum Gasteiger partial charge on any atom is 0.254 e. The monoisotopic (exact) mass is 408 g/mol. The zero-order valence-electron chi connectivity index (χ0n) is 16.7. The summed E-state index contributed by atoms with van der Waals surface area (Å²) in [6.45, 7) is 3.08. The molecular weight excluding hydrogens is 379 g/mol. The van der Waals surface area contributed by atoms with Crippen LogP contribution in [0.4, 0.5) is 4.39 Å². The number of nitrogens with zero attached hydrogens (tertiary/aromatic N) is 1. The number of amides is 2. The molecule has 2 heterocycles. The molecular formula is C21H29FN2O5. The van der Waals surface area contributed by atoms with Gasteiger partial charge in [-0.05, 0) is 43.5 Å². The van der Waals surface area contributed by atoms with Crippen LogP contribution >= 0.6 is 0 Å². The fourth-order valence-corrected chi connectivity index (χ4v) is 3.88. The first kappa shape index (κ1) is 21.7. The number of hydrogen-bond donors (Lipinski definition) is 2. The molecule has 8 heteroatoms. The van der Waals surface area contributed by atoms with E-state index in [1.807, 2.05) is 6.92 Å². The zero-order valence-corrected chi connectivity index (χ0v) is 16.7. The summed E-state index contributed by atoms with van der Waals surface area (Å²) in [5, 5.41) is 13.0. The fraction of sp³-hybridized carbons (Fsp3) is 0.619. The van der Waals surface area contributed by atoms with E-state index in [0.29, 0.717) is 24.9 Å². The van der Waals surface area contributed by atoms with Crippen molar-refractivity contribution < 1.29 is 28.6 Å². The Bertz CT molecular complexity index is 699. The van der Waals surface area contributed by atoms with Crippen LogP contribution in [0.25, 0.3) is 0 Å². The molecule has 2 amide bonds. The molecule has 1 aromatic carbocycles. The summed E-state index contributed by atoms with van der Waals surface area (Å²) in [5.41, 5.74) is 0.361. The highest BCUT2D eigenvalue weighted by molar-refractivity contribution is 5.94. The summed E-state index contributed by atoms with van der Waals surface area (Å²) in [5.74, 6) is -0.730. The summed E-state index contributed by atoms with van der Waals surface area (Å²) < 4.78 is 24.9. The fourth-order valence-electron chi connectivity index (χ4n) is 3.88. The molecule has 4 atom stereocenters. The average Bonchev–Trinajstić information content (AvgIpc) is 2.70. The third-order valence-corrected chi connectivity index (χ3v) is 5.32. The minimum Gasteiger partial charge on any atom is -0.389 e. The van der Waals surface area contributed by atoms with Gasteiger partial charge in [-0.1, -0.05) is 6.92 Å². The second kappa shape index (κ2) is 10.1. The molecule has 0 unspecified atom stereocenters. The molecule has 0 aliphatic carbocycles. The molecule has 2 fully saturated rings. The Kier molecular flexibility index (Phi) is 7.57. The van der Waals surface area contributed by atoms with Crippen molar-refractivity contribution in [2.75, 3.05) is 26.3 Å². The van der Waals surface area contributed by atoms with Crippen molar-refractivity contribution in [3.05, 3.63) is 35.6 Å². The van der Waals surface area contributed by atoms with Crippen LogP contribution in [0, 0.1) is 5.82 Å². The molecule has 7 nitrogen and oxygen atoms in total. The van der Waals surface area contributed by atoms with E-state index in [-0.39, 0.29) is 56.2 Å². The van der Waals surface area contributed by atoms with E-state index < -0.39 is 11.9 Å². The van der Waals surface area contributed by atoms with Crippen LogP contribution in [0.5, 0.6) is 0 Å². The molecule has 0 saturated carbocycles. The highest BCUT2D eigenvalue weighted by Gasteiger charge is 2.40. The minimum atomic E-state index is -0.808. The van der Waals surface area contributed by atoms with E-state index >= 15 is 0 Å². The van der Waals surface area contributed by atoms with E-state index in [1.165, 1.54) is 24.3 Å². The van der Waals surface area contributed by atoms with Crippen molar-refractivity contribution >= 4 is 11.8 Å². The van der Waals surface area contributed by atoms with Gasteiger partial charge in [-0.2, -0.15) is 0 Å². The van der Waals surface area contributed by atoms with Gasteiger partial charge in [0.25, 0.3) is 5.91 Å². The molecule has 0 radical (unpaired) electrons. The standard InChI is InChI=1S/C21H29FN2O5/c1-2-9-23-20(26)10-17-7-8-18-19(29-17)13-28-12-16(25)11-24(18)21(27)14-3-5-15(22)6-4-14/h3-6,16-19,25H,2,7-13H2,1H3,(H,23,26)/t16-,17-,18-,19+/m1/s1. The number of β-amino-alcohol motifs (C(OH)–C–C–N with tert-alkyl or cyclic N) is 1. The van der Waals surface area contributed by atoms with Crippen molar-refractivity contribution in [1.82, 2.24) is 10.2 Å². The lowest BCUT2D eigenvalue weighted by atomic mass is 9.94. The van der Waals surface area contributed by atoms with Gasteiger partial charge < -0.3 is 24.8 Å². The summed E-state index contributed by atoms with van der Waals surface area (Å²) in [6.07, 6.45) is 0.992. The number of aliphatic hydroxyl groups excluding tert-OH is 1. The van der Waals surface area contributed by atoms with Crippen molar-refractivity contribution in [2.24, 2.45) is 0 Å². The van der Waals surface area contributed by atoms with Gasteiger partial charge in [0.1, 0.15) is 11.9 Å². The maximum atomic E-state index is 13.2. The van der Waals surface area contributed by atoms with E-state index in [0.717, 1.165) is 6.42 Å². The normalized spacial score (nSPS) is 27.5. The first-order valence-corrected chi connectivity index (χ1v) is 10.2. The minimum absolute atomic E-state index is 0.0447. The van der Waals surface area contributed by atoms with Crippen molar-refractivity contribution in [1.29, 1.82) is 0 Å². The van der Waals surface area contributed by atoms with Crippen molar-refractivity contribution in [3.63, 3.8) is 0 Å². The van der Waals surface area contributed by atoms with Crippen LogP contribution in [-0.2, 0) is 14.3 Å². The highest BCUT2D eigenvalue weighted by atomic mass is 19.1. The molecule has 0 spiro atoms. The molecule has 2 aliphatic rings. The quantitative estimate of drug-likeness (QED) is 0.771. The summed E-state index contributed by atoms with van der Waals surface area (Å²) in [6, 6.07) is 5.10. The van der Waals surface area contributed by atoms with Crippen molar-refractivity contribution in [3.8, 4) is 0 Å². The third kappa shape index (κ3) is 5.74. The smallest absolute Gasteiger partial charge is 0.254 e. The first-order valence-electron chi connectivity index (χ1n) is 10.2. The Morgan fingerprint density at radius 3 is 2.72 bits per heavy atom. The van der Waals surface area contributed by atoms with Crippen LogP contribution in [0.2, 0.25) is 0 Å². The lowest BCUT2D eigenvalue weighted by Gasteiger charge is -2.44. The molecule has 3 rings (SSSR count). The van der Waals surface area contributed by atoms with E-state index in [4.69, 9.17) is 9.47 Å². The van der Waals surface area contributed by atoms with E-state index in [1.54, 1.807) is 4.90 Å². The Morgan fingerprint density at radius 2 is 2.00 bits per heavy atom. The van der Waals surface area contributed by atoms with Gasteiger partial charge >= 0.3 is 0 Å². The maximum absolute atomic E-state index is 13.2. The predicted octanol–water partition coefficient (Wildman–Crippen LogP) is 1.49. The zero-order chi connectivity index (χ0) is 20.8. The Morgan fingerprint density at radius 1 is 1.24 bits per heavy atom. The second-order valence-electron chi connectivity index (χ2n) is 7.65. The van der Waals surface area contributed by atoms with Crippen LogP contribution in [-0.4, -0.2) is 72.5 Å². The number of halogens is 1. The van der Waals surface area contributed by atoms with E-state index in [2.05, 4.69) is 5.32 Å². The van der Waals surface area contributed by atoms with Gasteiger partial charge in [0, 0.05) is 18.7 Å². The number of benzene rings is 1. The van der Waals surface area contributed by atoms with Gasteiger partial charge in [0.05, 0.1) is 37.9 Å². The molecule has 0 bridgehead atoms. The Labute approximate surface area is 170 Å². The molecule has 1 aromatic rings. The van der Waals surface area contributed by atoms with Gasteiger partial charge in [-0.3, -0.25) is 9.59 Å². The predicted molar refractivity (Wildman–Crippen MR) is 104 cm³/mol. The number of hydrogen-bond acceptors (Lipinski definition) is 5. The molecule has 2 aliphatic heterocycles. The second-order valence-corrected chi connectivity index (χ2v) is 7.65. The van der Waals surface area contributed by atoms with Gasteiger partial charge in [-0.25, -0.2) is 4.39 Å². The van der Waals surface area contributed by atoms with Crippen LogP contribution in [0.1, 0.15) is 43.0 Å². The molecule has 0 aromatic heterocycles. The Balaban J connectivity index is 1.71. The van der Waals surface area contributed by atoms with Crippen LogP contribution in [0.15, 0.2) is 24.3 Å². The van der Waals surface area contributed by atoms with E-state index in [9.17, 15) is 19.1 Å². The number of fused-ring (bicyclic) bond motifs is 1. The molecule has 160 valence electrons. The lowest BCUT2D eigenvalue weighted by Crippen LogP contribution is -2.57. The van der Waals surface area contributed by atoms with Crippen LogP contribution in [0.3, 0.4) is 0 Å². The third-order valence-electron chi connectivity index (χ3n) is 5.32. The molecule has 2 N–H and O–H groups in total. The first-order chi connectivity index (χ1) is 14.0. The molecule has 2 saturated heterocycles. The number of carbonyl (C=O) groups excluding carboxylic acids is 2. The van der Waals surface area contributed by atoms with Gasteiger partial charge in [0.15, 0.2) is 0 Å². The largest absolute Gasteiger partial charge is 0.389 e. The summed E-state index contributed by atoms with van der Waals surface area (Å²) in [7, 11) is 0. The highest BCUT2D eigenvalue weighted by Crippen LogP contribution is 2.28. The number of aliphatic hydroxyl groups is 1. The summed E-state index contributed by atoms with van der Waals surface area (Å²) in [4.78, 5) is 26.7. The number of rotatable bonds is 5. The molecule has 29 heavy (non-hydrogen) atoms.